The Bertz CT molecular complexity index is 1170. The molecule has 1 aromatic heterocycles. The molecule has 1 heterocycles. The van der Waals surface area contributed by atoms with E-state index in [2.05, 4.69) is 6.07 Å². The Morgan fingerprint density at radius 3 is 2.34 bits per heavy atom. The maximum absolute atomic E-state index is 10.4. The van der Waals surface area contributed by atoms with Gasteiger partial charge >= 0.3 is 0 Å². The summed E-state index contributed by atoms with van der Waals surface area (Å²) in [6.07, 6.45) is 0. The summed E-state index contributed by atoms with van der Waals surface area (Å²) in [4.78, 5) is 0.930. The lowest BCUT2D eigenvalue weighted by atomic mass is 9.90. The van der Waals surface area contributed by atoms with Gasteiger partial charge in [-0.15, -0.1) is 0 Å². The Labute approximate surface area is 179 Å². The van der Waals surface area contributed by atoms with Gasteiger partial charge in [0.25, 0.3) is 0 Å². The monoisotopic (exact) mass is 426 g/mol. The molecule has 3 aromatic carbocycles. The highest BCUT2D eigenvalue weighted by Gasteiger charge is 2.37. The van der Waals surface area contributed by atoms with Crippen LogP contribution in [0.3, 0.4) is 0 Å². The Balaban J connectivity index is 1.84. The van der Waals surface area contributed by atoms with Crippen LogP contribution in [-0.4, -0.2) is 16.3 Å². The molecule has 0 saturated carbocycles. The summed E-state index contributed by atoms with van der Waals surface area (Å²) in [5.74, 6) is 0. The molecule has 0 saturated heterocycles. The molecule has 0 amide bonds. The molecule has 1 N–H and O–H groups in total. The Morgan fingerprint density at radius 2 is 1.66 bits per heavy atom. The van der Waals surface area contributed by atoms with E-state index in [9.17, 15) is 5.11 Å². The van der Waals surface area contributed by atoms with Crippen LogP contribution < -0.4 is 0 Å². The van der Waals surface area contributed by atoms with Gasteiger partial charge in [0.15, 0.2) is 0 Å². The average Bonchev–Trinajstić information content (AvgIpc) is 3.03. The minimum Gasteiger partial charge on any atom is -0.456 e. The van der Waals surface area contributed by atoms with Gasteiger partial charge in [-0.25, -0.2) is 0 Å². The number of fused-ring (bicyclic) bond motifs is 3. The number of furan rings is 1. The van der Waals surface area contributed by atoms with Crippen LogP contribution in [0.1, 0.15) is 27.7 Å². The van der Waals surface area contributed by atoms with Gasteiger partial charge in [-0.05, 0) is 51.5 Å². The third kappa shape index (κ3) is 3.78. The third-order valence-corrected chi connectivity index (χ3v) is 6.78. The maximum Gasteiger partial charge on any atom is 0.136 e. The molecule has 0 unspecified atom stereocenters. The summed E-state index contributed by atoms with van der Waals surface area (Å²) in [5.41, 5.74) is 1.80. The average molecular weight is 427 g/mol. The van der Waals surface area contributed by atoms with E-state index in [0.29, 0.717) is 5.02 Å². The van der Waals surface area contributed by atoms with Crippen molar-refractivity contribution >= 4 is 45.6 Å². The summed E-state index contributed by atoms with van der Waals surface area (Å²) < 4.78 is 12.1. The lowest BCUT2D eigenvalue weighted by molar-refractivity contribution is -0.0813. The number of rotatable bonds is 5. The van der Waals surface area contributed by atoms with Crippen molar-refractivity contribution in [2.75, 3.05) is 0 Å². The van der Waals surface area contributed by atoms with Crippen LogP contribution in [0.2, 0.25) is 5.02 Å². The number of hydrogen-bond acceptors (Lipinski definition) is 4. The second-order valence-corrected chi connectivity index (χ2v) is 9.34. The quantitative estimate of drug-likeness (QED) is 0.336. The molecular formula is C24H23ClO3S. The van der Waals surface area contributed by atoms with Gasteiger partial charge in [0.05, 0.1) is 10.6 Å². The molecule has 5 heteroatoms. The van der Waals surface area contributed by atoms with Gasteiger partial charge in [0.1, 0.15) is 16.8 Å². The molecule has 0 fully saturated rings. The highest BCUT2D eigenvalue weighted by Crippen LogP contribution is 2.42. The van der Waals surface area contributed by atoms with Crippen molar-refractivity contribution in [2.24, 2.45) is 0 Å². The molecule has 0 bridgehead atoms. The largest absolute Gasteiger partial charge is 0.456 e. The predicted octanol–water partition coefficient (Wildman–Crippen LogP) is 7.48. The molecule has 0 atom stereocenters. The standard InChI is InChI=1S/C24H23ClO3S/c1-23(2,26)24(3,4)28-29-21-12-8-11-19-22(21)17-13-16(15-9-6-5-7-10-15)18(25)14-20(17)27-19/h5-14,26H,1-4H3. The van der Waals surface area contributed by atoms with Crippen LogP contribution in [0.15, 0.2) is 70.0 Å². The smallest absolute Gasteiger partial charge is 0.136 e. The van der Waals surface area contributed by atoms with Crippen LogP contribution in [-0.2, 0) is 4.18 Å². The first-order valence-electron chi connectivity index (χ1n) is 9.46. The van der Waals surface area contributed by atoms with E-state index in [1.807, 2.05) is 68.4 Å². The van der Waals surface area contributed by atoms with Crippen LogP contribution in [0.25, 0.3) is 33.1 Å². The molecule has 0 spiro atoms. The van der Waals surface area contributed by atoms with Gasteiger partial charge in [0.2, 0.25) is 0 Å². The van der Waals surface area contributed by atoms with Crippen LogP contribution in [0.5, 0.6) is 0 Å². The first-order valence-corrected chi connectivity index (χ1v) is 10.6. The predicted molar refractivity (Wildman–Crippen MR) is 121 cm³/mol. The highest BCUT2D eigenvalue weighted by molar-refractivity contribution is 7.95. The van der Waals surface area contributed by atoms with Crippen molar-refractivity contribution < 1.29 is 13.7 Å². The van der Waals surface area contributed by atoms with Crippen LogP contribution in [0, 0.1) is 0 Å². The summed E-state index contributed by atoms with van der Waals surface area (Å²) in [6, 6.07) is 19.9. The SMILES string of the molecule is CC(C)(O)C(C)(C)OSc1cccc2oc3cc(Cl)c(-c4ccccc4)cc3c12. The summed E-state index contributed by atoms with van der Waals surface area (Å²) in [7, 11) is 0. The van der Waals surface area contributed by atoms with E-state index in [1.165, 1.54) is 12.0 Å². The summed E-state index contributed by atoms with van der Waals surface area (Å²) in [5, 5.41) is 13.0. The molecular weight excluding hydrogens is 404 g/mol. The van der Waals surface area contributed by atoms with Crippen molar-refractivity contribution in [2.45, 2.75) is 43.8 Å². The molecule has 3 nitrogen and oxygen atoms in total. The highest BCUT2D eigenvalue weighted by atomic mass is 35.5. The first kappa shape index (κ1) is 20.3. The molecule has 0 aliphatic rings. The minimum absolute atomic E-state index is 0.649. The molecule has 29 heavy (non-hydrogen) atoms. The molecule has 4 rings (SSSR count). The molecule has 0 aliphatic heterocycles. The zero-order valence-electron chi connectivity index (χ0n) is 16.8. The van der Waals surface area contributed by atoms with Gasteiger partial charge in [-0.2, -0.15) is 0 Å². The summed E-state index contributed by atoms with van der Waals surface area (Å²) >= 11 is 7.81. The zero-order chi connectivity index (χ0) is 20.8. The van der Waals surface area contributed by atoms with E-state index in [0.717, 1.165) is 38.0 Å². The van der Waals surface area contributed by atoms with Crippen molar-refractivity contribution in [3.8, 4) is 11.1 Å². The van der Waals surface area contributed by atoms with E-state index < -0.39 is 11.2 Å². The fraction of sp³-hybridized carbons (Fsp3) is 0.250. The Hall–Kier alpha value is -1.98. The minimum atomic E-state index is -0.986. The lowest BCUT2D eigenvalue weighted by Crippen LogP contribution is -2.45. The van der Waals surface area contributed by atoms with E-state index in [4.69, 9.17) is 20.2 Å². The van der Waals surface area contributed by atoms with E-state index in [-0.39, 0.29) is 0 Å². The van der Waals surface area contributed by atoms with Crippen molar-refractivity contribution in [3.63, 3.8) is 0 Å². The fourth-order valence-corrected chi connectivity index (χ4v) is 4.17. The topological polar surface area (TPSA) is 42.6 Å². The fourth-order valence-electron chi connectivity index (χ4n) is 2.97. The number of benzene rings is 3. The number of aliphatic hydroxyl groups is 1. The second kappa shape index (κ2) is 7.37. The first-order chi connectivity index (χ1) is 13.7. The third-order valence-electron chi connectivity index (χ3n) is 5.44. The molecule has 0 radical (unpaired) electrons. The van der Waals surface area contributed by atoms with Crippen molar-refractivity contribution in [1.82, 2.24) is 0 Å². The van der Waals surface area contributed by atoms with Gasteiger partial charge < -0.3 is 13.7 Å². The van der Waals surface area contributed by atoms with Crippen LogP contribution >= 0.6 is 23.6 Å². The van der Waals surface area contributed by atoms with E-state index >= 15 is 0 Å². The second-order valence-electron chi connectivity index (χ2n) is 8.16. The van der Waals surface area contributed by atoms with Gasteiger partial charge in [0, 0.05) is 39.3 Å². The van der Waals surface area contributed by atoms with Crippen molar-refractivity contribution in [3.05, 3.63) is 65.7 Å². The zero-order valence-corrected chi connectivity index (χ0v) is 18.4. The lowest BCUT2D eigenvalue weighted by Gasteiger charge is -2.35. The Kier molecular flexibility index (Phi) is 5.16. The maximum atomic E-state index is 10.4. The Morgan fingerprint density at radius 1 is 0.931 bits per heavy atom. The normalized spacial score (nSPS) is 12.8. The molecule has 150 valence electrons. The van der Waals surface area contributed by atoms with E-state index in [1.54, 1.807) is 13.8 Å². The van der Waals surface area contributed by atoms with Crippen molar-refractivity contribution in [1.29, 1.82) is 0 Å². The number of hydrogen-bond donors (Lipinski definition) is 1. The molecule has 4 aromatic rings. The van der Waals surface area contributed by atoms with Gasteiger partial charge in [-0.1, -0.05) is 48.0 Å². The van der Waals surface area contributed by atoms with Crippen LogP contribution in [0.4, 0.5) is 0 Å². The van der Waals surface area contributed by atoms with Gasteiger partial charge in [-0.3, -0.25) is 0 Å². The molecule has 0 aliphatic carbocycles. The summed E-state index contributed by atoms with van der Waals surface area (Å²) in [6.45, 7) is 7.24. The number of halogens is 1.